The van der Waals surface area contributed by atoms with Crippen LogP contribution in [-0.2, 0) is 17.4 Å². The molecule has 1 heterocycles. The molecule has 1 aliphatic heterocycles. The molecule has 0 spiro atoms. The van der Waals surface area contributed by atoms with Gasteiger partial charge in [0.1, 0.15) is 0 Å². The van der Waals surface area contributed by atoms with Gasteiger partial charge in [0.15, 0.2) is 11.5 Å². The van der Waals surface area contributed by atoms with E-state index in [0.29, 0.717) is 35.6 Å². The van der Waals surface area contributed by atoms with Crippen LogP contribution >= 0.6 is 0 Å². The Bertz CT molecular complexity index is 982. The number of hydrogen-bond acceptors (Lipinski definition) is 3. The molecule has 2 aromatic rings. The first-order valence-corrected chi connectivity index (χ1v) is 9.57. The van der Waals surface area contributed by atoms with E-state index in [9.17, 15) is 18.0 Å². The van der Waals surface area contributed by atoms with Crippen LogP contribution in [0.3, 0.4) is 0 Å². The number of rotatable bonds is 4. The summed E-state index contributed by atoms with van der Waals surface area (Å²) in [7, 11) is 3.03. The highest BCUT2D eigenvalue weighted by atomic mass is 19.4. The molecule has 0 saturated carbocycles. The third kappa shape index (κ3) is 4.01. The van der Waals surface area contributed by atoms with Crippen LogP contribution in [-0.4, -0.2) is 31.6 Å². The van der Waals surface area contributed by atoms with Crippen molar-refractivity contribution in [3.63, 3.8) is 0 Å². The summed E-state index contributed by atoms with van der Waals surface area (Å²) >= 11 is 0. The van der Waals surface area contributed by atoms with E-state index >= 15 is 0 Å². The molecule has 3 rings (SSSR count). The number of alkyl halides is 3. The van der Waals surface area contributed by atoms with E-state index in [1.54, 1.807) is 37.0 Å². The number of carbonyl (C=O) groups is 1. The molecule has 1 unspecified atom stereocenters. The Morgan fingerprint density at radius 2 is 1.80 bits per heavy atom. The number of fused-ring (bicyclic) bond motifs is 1. The SMILES string of the molecule is C/C=C(\C)C(=O)N1CCc2cc(OC)c(OC)cc2C1c1cccc(C(F)(F)F)c1. The molecule has 160 valence electrons. The molecule has 7 heteroatoms. The van der Waals surface area contributed by atoms with Gasteiger partial charge in [-0.2, -0.15) is 13.2 Å². The van der Waals surface area contributed by atoms with Crippen molar-refractivity contribution < 1.29 is 27.4 Å². The lowest BCUT2D eigenvalue weighted by atomic mass is 9.86. The molecular weight excluding hydrogens is 395 g/mol. The van der Waals surface area contributed by atoms with Crippen LogP contribution in [0.2, 0.25) is 0 Å². The van der Waals surface area contributed by atoms with Gasteiger partial charge in [-0.25, -0.2) is 0 Å². The van der Waals surface area contributed by atoms with Crippen molar-refractivity contribution in [2.45, 2.75) is 32.5 Å². The van der Waals surface area contributed by atoms with Crippen LogP contribution in [0.25, 0.3) is 0 Å². The van der Waals surface area contributed by atoms with E-state index in [1.807, 2.05) is 6.07 Å². The minimum atomic E-state index is -4.47. The molecule has 2 aromatic carbocycles. The van der Waals surface area contributed by atoms with E-state index < -0.39 is 17.8 Å². The number of nitrogens with zero attached hydrogens (tertiary/aromatic N) is 1. The number of allylic oxidation sites excluding steroid dienone is 1. The minimum Gasteiger partial charge on any atom is -0.493 e. The average molecular weight is 419 g/mol. The summed E-state index contributed by atoms with van der Waals surface area (Å²) in [4.78, 5) is 14.7. The Morgan fingerprint density at radius 1 is 1.13 bits per heavy atom. The normalized spacial score (nSPS) is 16.8. The number of halogens is 3. The number of ether oxygens (including phenoxy) is 2. The van der Waals surface area contributed by atoms with Gasteiger partial charge in [-0.05, 0) is 61.2 Å². The summed E-state index contributed by atoms with van der Waals surface area (Å²) in [6.07, 6.45) is -2.21. The molecular formula is C23H24F3NO3. The summed E-state index contributed by atoms with van der Waals surface area (Å²) in [6.45, 7) is 3.85. The molecule has 0 saturated heterocycles. The van der Waals surface area contributed by atoms with Crippen molar-refractivity contribution in [2.24, 2.45) is 0 Å². The van der Waals surface area contributed by atoms with Crippen LogP contribution in [0, 0.1) is 0 Å². The lowest BCUT2D eigenvalue weighted by Gasteiger charge is -2.38. The zero-order valence-corrected chi connectivity index (χ0v) is 17.3. The van der Waals surface area contributed by atoms with E-state index in [4.69, 9.17) is 9.47 Å². The minimum absolute atomic E-state index is 0.208. The Hall–Kier alpha value is -2.96. The maximum absolute atomic E-state index is 13.4. The second-order valence-corrected chi connectivity index (χ2v) is 7.15. The molecule has 0 aliphatic carbocycles. The van der Waals surface area contributed by atoms with Crippen molar-refractivity contribution in [3.8, 4) is 11.5 Å². The van der Waals surface area contributed by atoms with Gasteiger partial charge < -0.3 is 14.4 Å². The Kier molecular flexibility index (Phi) is 6.10. The maximum Gasteiger partial charge on any atom is 0.416 e. The number of amides is 1. The van der Waals surface area contributed by atoms with Gasteiger partial charge in [0.2, 0.25) is 5.91 Å². The van der Waals surface area contributed by atoms with Crippen LogP contribution in [0.4, 0.5) is 13.2 Å². The van der Waals surface area contributed by atoms with Crippen molar-refractivity contribution >= 4 is 5.91 Å². The number of carbonyl (C=O) groups excluding carboxylic acids is 1. The van der Waals surface area contributed by atoms with Crippen molar-refractivity contribution in [1.29, 1.82) is 0 Å². The van der Waals surface area contributed by atoms with Crippen LogP contribution in [0.1, 0.15) is 42.1 Å². The van der Waals surface area contributed by atoms with Gasteiger partial charge in [0.05, 0.1) is 25.8 Å². The first kappa shape index (κ1) is 21.7. The fourth-order valence-electron chi connectivity index (χ4n) is 3.76. The smallest absolute Gasteiger partial charge is 0.416 e. The second kappa shape index (κ2) is 8.42. The first-order valence-electron chi connectivity index (χ1n) is 9.57. The van der Waals surface area contributed by atoms with E-state index in [1.165, 1.54) is 20.3 Å². The summed E-state index contributed by atoms with van der Waals surface area (Å²) < 4.78 is 50.9. The molecule has 0 bridgehead atoms. The predicted octanol–water partition coefficient (Wildman–Crippen LogP) is 5.16. The molecule has 1 aliphatic rings. The lowest BCUT2D eigenvalue weighted by molar-refractivity contribution is -0.137. The highest BCUT2D eigenvalue weighted by Crippen LogP contribution is 2.42. The summed E-state index contributed by atoms with van der Waals surface area (Å²) in [6, 6.07) is 8.06. The van der Waals surface area contributed by atoms with Gasteiger partial charge in [-0.3, -0.25) is 4.79 Å². The summed E-state index contributed by atoms with van der Waals surface area (Å²) in [5, 5.41) is 0. The number of benzene rings is 2. The Morgan fingerprint density at radius 3 is 2.40 bits per heavy atom. The molecule has 30 heavy (non-hydrogen) atoms. The van der Waals surface area contributed by atoms with Gasteiger partial charge in [-0.15, -0.1) is 0 Å². The number of methoxy groups -OCH3 is 2. The van der Waals surface area contributed by atoms with Crippen LogP contribution in [0.15, 0.2) is 48.0 Å². The maximum atomic E-state index is 13.4. The Balaban J connectivity index is 2.22. The van der Waals surface area contributed by atoms with Crippen LogP contribution < -0.4 is 9.47 Å². The summed E-state index contributed by atoms with van der Waals surface area (Å²) in [5.41, 5.74) is 1.83. The van der Waals surface area contributed by atoms with Gasteiger partial charge in [-0.1, -0.05) is 18.2 Å². The highest BCUT2D eigenvalue weighted by molar-refractivity contribution is 5.93. The second-order valence-electron chi connectivity index (χ2n) is 7.15. The largest absolute Gasteiger partial charge is 0.493 e. The average Bonchev–Trinajstić information content (AvgIpc) is 2.75. The van der Waals surface area contributed by atoms with E-state index in [0.717, 1.165) is 23.3 Å². The first-order chi connectivity index (χ1) is 14.2. The Labute approximate surface area is 173 Å². The number of hydrogen-bond donors (Lipinski definition) is 0. The third-order valence-electron chi connectivity index (χ3n) is 5.43. The van der Waals surface area contributed by atoms with Gasteiger partial charge in [0.25, 0.3) is 0 Å². The fraction of sp³-hybridized carbons (Fsp3) is 0.348. The highest BCUT2D eigenvalue weighted by Gasteiger charge is 2.36. The van der Waals surface area contributed by atoms with E-state index in [2.05, 4.69) is 0 Å². The summed E-state index contributed by atoms with van der Waals surface area (Å²) in [5.74, 6) is 0.800. The lowest BCUT2D eigenvalue weighted by Crippen LogP contribution is -2.41. The topological polar surface area (TPSA) is 38.8 Å². The van der Waals surface area contributed by atoms with Crippen LogP contribution in [0.5, 0.6) is 11.5 Å². The molecule has 0 radical (unpaired) electrons. The fourth-order valence-corrected chi connectivity index (χ4v) is 3.76. The van der Waals surface area contributed by atoms with Crippen molar-refractivity contribution in [3.05, 3.63) is 70.3 Å². The molecule has 1 amide bonds. The third-order valence-corrected chi connectivity index (χ3v) is 5.43. The quantitative estimate of drug-likeness (QED) is 0.643. The molecule has 0 aromatic heterocycles. The molecule has 0 fully saturated rings. The zero-order chi connectivity index (χ0) is 22.1. The van der Waals surface area contributed by atoms with Crippen molar-refractivity contribution in [1.82, 2.24) is 4.90 Å². The molecule has 1 atom stereocenters. The zero-order valence-electron chi connectivity index (χ0n) is 17.3. The van der Waals surface area contributed by atoms with E-state index in [-0.39, 0.29) is 5.91 Å². The van der Waals surface area contributed by atoms with Gasteiger partial charge in [0, 0.05) is 12.1 Å². The standard InChI is InChI=1S/C23H24F3NO3/c1-5-14(2)22(28)27-10-9-15-12-19(29-3)20(30-4)13-18(15)21(27)16-7-6-8-17(11-16)23(24,25)26/h5-8,11-13,21H,9-10H2,1-4H3/b14-5+. The van der Waals surface area contributed by atoms with Crippen molar-refractivity contribution in [2.75, 3.05) is 20.8 Å². The van der Waals surface area contributed by atoms with Gasteiger partial charge >= 0.3 is 6.18 Å². The monoisotopic (exact) mass is 419 g/mol. The predicted molar refractivity (Wildman–Crippen MR) is 108 cm³/mol. The molecule has 0 N–H and O–H groups in total. The molecule has 4 nitrogen and oxygen atoms in total.